The molecule has 0 spiro atoms. The van der Waals surface area contributed by atoms with E-state index in [4.69, 9.17) is 5.73 Å². The number of hydrogen-bond acceptors (Lipinski definition) is 3. The van der Waals surface area contributed by atoms with Crippen molar-refractivity contribution in [3.8, 4) is 0 Å². The number of hydrogen-bond donors (Lipinski definition) is 1. The third-order valence-electron chi connectivity index (χ3n) is 4.60. The van der Waals surface area contributed by atoms with Gasteiger partial charge in [0.25, 0.3) is 0 Å². The van der Waals surface area contributed by atoms with Crippen LogP contribution >= 0.6 is 0 Å². The highest BCUT2D eigenvalue weighted by molar-refractivity contribution is 5.56. The second-order valence-corrected chi connectivity index (χ2v) is 6.18. The Balaban J connectivity index is 1.55. The molecule has 0 bridgehead atoms. The minimum Gasteiger partial charge on any atom is -0.399 e. The van der Waals surface area contributed by atoms with Gasteiger partial charge in [-0.1, -0.05) is 0 Å². The van der Waals surface area contributed by atoms with Gasteiger partial charge in [0.05, 0.1) is 0 Å². The number of rotatable bonds is 3. The summed E-state index contributed by atoms with van der Waals surface area (Å²) in [4.78, 5) is 4.86. The lowest BCUT2D eigenvalue weighted by molar-refractivity contribution is 0.249. The number of anilines is 2. The van der Waals surface area contributed by atoms with Gasteiger partial charge in [-0.05, 0) is 62.9 Å². The molecule has 20 heavy (non-hydrogen) atoms. The monoisotopic (exact) mass is 277 g/mol. The molecule has 4 heteroatoms. The molecule has 0 radical (unpaired) electrons. The van der Waals surface area contributed by atoms with Crippen LogP contribution in [0.2, 0.25) is 0 Å². The van der Waals surface area contributed by atoms with Gasteiger partial charge in [0.1, 0.15) is 5.82 Å². The summed E-state index contributed by atoms with van der Waals surface area (Å²) in [6.07, 6.45) is 5.13. The second kappa shape index (κ2) is 6.00. The Morgan fingerprint density at radius 1 is 1.05 bits per heavy atom. The van der Waals surface area contributed by atoms with Crippen LogP contribution in [0, 0.1) is 11.7 Å². The average molecular weight is 277 g/mol. The summed E-state index contributed by atoms with van der Waals surface area (Å²) in [5.41, 5.74) is 7.17. The molecule has 0 amide bonds. The van der Waals surface area contributed by atoms with Gasteiger partial charge in [-0.15, -0.1) is 0 Å². The van der Waals surface area contributed by atoms with Crippen molar-refractivity contribution >= 4 is 11.4 Å². The Morgan fingerprint density at radius 3 is 2.40 bits per heavy atom. The van der Waals surface area contributed by atoms with Crippen molar-refractivity contribution in [2.24, 2.45) is 5.92 Å². The summed E-state index contributed by atoms with van der Waals surface area (Å²) in [5.74, 6) is 0.564. The molecular weight excluding hydrogens is 253 g/mol. The first-order chi connectivity index (χ1) is 9.70. The number of likely N-dealkylation sites (tertiary alicyclic amines) is 1. The first-order valence-corrected chi connectivity index (χ1v) is 7.74. The third kappa shape index (κ3) is 3.23. The SMILES string of the molecule is Nc1cc(F)cc(N2CCC(CN3CCCC3)CC2)c1. The van der Waals surface area contributed by atoms with Crippen molar-refractivity contribution < 1.29 is 4.39 Å². The number of nitrogens with two attached hydrogens (primary N) is 1. The van der Waals surface area contributed by atoms with Gasteiger partial charge in [0.2, 0.25) is 0 Å². The van der Waals surface area contributed by atoms with E-state index in [9.17, 15) is 4.39 Å². The fraction of sp³-hybridized carbons (Fsp3) is 0.625. The fourth-order valence-electron chi connectivity index (χ4n) is 3.48. The number of halogens is 1. The van der Waals surface area contributed by atoms with E-state index < -0.39 is 0 Å². The van der Waals surface area contributed by atoms with Gasteiger partial charge in [0, 0.05) is 31.0 Å². The lowest BCUT2D eigenvalue weighted by Crippen LogP contribution is -2.38. The van der Waals surface area contributed by atoms with Crippen molar-refractivity contribution in [3.63, 3.8) is 0 Å². The predicted molar refractivity (Wildman–Crippen MR) is 81.4 cm³/mol. The molecule has 2 N–H and O–H groups in total. The summed E-state index contributed by atoms with van der Waals surface area (Å²) in [6.45, 7) is 5.84. The topological polar surface area (TPSA) is 32.5 Å². The molecule has 0 aromatic heterocycles. The molecule has 110 valence electrons. The maximum absolute atomic E-state index is 13.4. The van der Waals surface area contributed by atoms with Crippen molar-refractivity contribution in [2.75, 3.05) is 43.4 Å². The van der Waals surface area contributed by atoms with Crippen LogP contribution in [0.3, 0.4) is 0 Å². The molecule has 2 heterocycles. The van der Waals surface area contributed by atoms with Crippen molar-refractivity contribution in [1.29, 1.82) is 0 Å². The molecule has 2 aliphatic rings. The molecule has 0 aliphatic carbocycles. The normalized spacial score (nSPS) is 21.6. The van der Waals surface area contributed by atoms with Crippen LogP contribution < -0.4 is 10.6 Å². The number of nitrogen functional groups attached to an aromatic ring is 1. The minimum atomic E-state index is -0.237. The van der Waals surface area contributed by atoms with Crippen LogP contribution in [0.4, 0.5) is 15.8 Å². The van der Waals surface area contributed by atoms with E-state index in [2.05, 4.69) is 9.80 Å². The average Bonchev–Trinajstić information content (AvgIpc) is 2.91. The molecule has 2 saturated heterocycles. The molecule has 0 atom stereocenters. The quantitative estimate of drug-likeness (QED) is 0.862. The first kappa shape index (κ1) is 13.7. The Hall–Kier alpha value is -1.29. The molecule has 2 fully saturated rings. The lowest BCUT2D eigenvalue weighted by atomic mass is 9.96. The van der Waals surface area contributed by atoms with E-state index in [1.54, 1.807) is 6.07 Å². The highest BCUT2D eigenvalue weighted by Gasteiger charge is 2.23. The van der Waals surface area contributed by atoms with Gasteiger partial charge in [0.15, 0.2) is 0 Å². The maximum atomic E-state index is 13.4. The van der Waals surface area contributed by atoms with E-state index in [-0.39, 0.29) is 5.82 Å². The van der Waals surface area contributed by atoms with Crippen LogP contribution in [-0.4, -0.2) is 37.6 Å². The molecular formula is C16H24FN3. The zero-order valence-corrected chi connectivity index (χ0v) is 12.0. The molecule has 1 aromatic carbocycles. The lowest BCUT2D eigenvalue weighted by Gasteiger charge is -2.35. The standard InChI is InChI=1S/C16H24FN3/c17-14-9-15(18)11-16(10-14)20-7-3-13(4-8-20)12-19-5-1-2-6-19/h9-11,13H,1-8,12,18H2. The zero-order valence-electron chi connectivity index (χ0n) is 12.0. The minimum absolute atomic E-state index is 0.237. The summed E-state index contributed by atoms with van der Waals surface area (Å²) in [7, 11) is 0. The van der Waals surface area contributed by atoms with E-state index >= 15 is 0 Å². The second-order valence-electron chi connectivity index (χ2n) is 6.18. The van der Waals surface area contributed by atoms with E-state index in [0.29, 0.717) is 5.69 Å². The molecule has 3 nitrogen and oxygen atoms in total. The number of piperidine rings is 1. The molecule has 3 rings (SSSR count). The zero-order chi connectivity index (χ0) is 13.9. The summed E-state index contributed by atoms with van der Waals surface area (Å²) < 4.78 is 13.4. The Labute approximate surface area is 120 Å². The van der Waals surface area contributed by atoms with Crippen LogP contribution in [0.5, 0.6) is 0 Å². The first-order valence-electron chi connectivity index (χ1n) is 7.74. The smallest absolute Gasteiger partial charge is 0.127 e. The van der Waals surface area contributed by atoms with Crippen LogP contribution in [0.1, 0.15) is 25.7 Å². The summed E-state index contributed by atoms with van der Waals surface area (Å²) >= 11 is 0. The predicted octanol–water partition coefficient (Wildman–Crippen LogP) is 2.72. The molecule has 0 unspecified atom stereocenters. The Morgan fingerprint density at radius 2 is 1.75 bits per heavy atom. The van der Waals surface area contributed by atoms with Crippen LogP contribution in [-0.2, 0) is 0 Å². The van der Waals surface area contributed by atoms with E-state index in [0.717, 1.165) is 24.7 Å². The fourth-order valence-corrected chi connectivity index (χ4v) is 3.48. The Kier molecular flexibility index (Phi) is 4.10. The highest BCUT2D eigenvalue weighted by Crippen LogP contribution is 2.26. The summed E-state index contributed by atoms with van der Waals surface area (Å²) in [5, 5.41) is 0. The van der Waals surface area contributed by atoms with E-state index in [1.807, 2.05) is 6.07 Å². The van der Waals surface area contributed by atoms with Gasteiger partial charge < -0.3 is 15.5 Å². The number of nitrogens with zero attached hydrogens (tertiary/aromatic N) is 2. The van der Waals surface area contributed by atoms with Gasteiger partial charge in [-0.25, -0.2) is 4.39 Å². The van der Waals surface area contributed by atoms with Crippen molar-refractivity contribution in [1.82, 2.24) is 4.90 Å². The number of benzene rings is 1. The van der Waals surface area contributed by atoms with Crippen molar-refractivity contribution in [2.45, 2.75) is 25.7 Å². The van der Waals surface area contributed by atoms with Crippen LogP contribution in [0.25, 0.3) is 0 Å². The van der Waals surface area contributed by atoms with Gasteiger partial charge >= 0.3 is 0 Å². The van der Waals surface area contributed by atoms with Crippen molar-refractivity contribution in [3.05, 3.63) is 24.0 Å². The Bertz CT molecular complexity index is 429. The van der Waals surface area contributed by atoms with E-state index in [1.165, 1.54) is 51.4 Å². The van der Waals surface area contributed by atoms with Crippen LogP contribution in [0.15, 0.2) is 18.2 Å². The van der Waals surface area contributed by atoms with Gasteiger partial charge in [-0.2, -0.15) is 0 Å². The molecule has 2 aliphatic heterocycles. The third-order valence-corrected chi connectivity index (χ3v) is 4.60. The molecule has 0 saturated carbocycles. The summed E-state index contributed by atoms with van der Waals surface area (Å²) in [6, 6.07) is 4.85. The maximum Gasteiger partial charge on any atom is 0.127 e. The van der Waals surface area contributed by atoms with Gasteiger partial charge in [-0.3, -0.25) is 0 Å². The largest absolute Gasteiger partial charge is 0.399 e. The molecule has 1 aromatic rings. The highest BCUT2D eigenvalue weighted by atomic mass is 19.1.